The molecule has 0 saturated heterocycles. The van der Waals surface area contributed by atoms with Crippen molar-refractivity contribution < 1.29 is 34.1 Å². The van der Waals surface area contributed by atoms with Crippen molar-refractivity contribution in [2.24, 2.45) is 0 Å². The molecule has 0 aliphatic rings. The summed E-state index contributed by atoms with van der Waals surface area (Å²) in [5.74, 6) is 0. The number of aryl methyl sites for hydroxylation is 2. The van der Waals surface area contributed by atoms with E-state index in [2.05, 4.69) is 48.5 Å². The monoisotopic (exact) mass is 412 g/mol. The fourth-order valence-electron chi connectivity index (χ4n) is 2.30. The first kappa shape index (κ1) is 23.4. The fourth-order valence-corrected chi connectivity index (χ4v) is 2.30. The van der Waals surface area contributed by atoms with Crippen LogP contribution < -0.4 is 0 Å². The van der Waals surface area contributed by atoms with Crippen LogP contribution >= 0.6 is 0 Å². The first-order valence-electron chi connectivity index (χ1n) is 8.20. The summed E-state index contributed by atoms with van der Waals surface area (Å²) in [5.41, 5.74) is 2.93. The van der Waals surface area contributed by atoms with E-state index in [9.17, 15) is 0 Å². The number of hydrogen-bond acceptors (Lipinski definition) is 0. The molecule has 0 N–H and O–H groups in total. The zero-order valence-electron chi connectivity index (χ0n) is 14.2. The second-order valence-corrected chi connectivity index (χ2v) is 5.36. The average Bonchev–Trinajstić information content (AvgIpc) is 3.39. The SMILES string of the molecule is [Fe+2].[Fe+2].c1cc[c-](CCC[c-]2cccc2)c1.c1cc[cH-]c1.c1cc[cH-]c1. The topological polar surface area (TPSA) is 0 Å². The Hall–Kier alpha value is -1.56. The molecule has 0 bridgehead atoms. The molecule has 2 heteroatoms. The largest absolute Gasteiger partial charge is 2.00 e. The maximum Gasteiger partial charge on any atom is 2.00 e. The summed E-state index contributed by atoms with van der Waals surface area (Å²) >= 11 is 0. The van der Waals surface area contributed by atoms with Crippen LogP contribution in [0.5, 0.6) is 0 Å². The zero-order valence-corrected chi connectivity index (χ0v) is 16.4. The fraction of sp³-hybridized carbons (Fsp3) is 0.130. The normalized spacial score (nSPS) is 8.64. The van der Waals surface area contributed by atoms with Crippen molar-refractivity contribution in [1.29, 1.82) is 0 Å². The molecule has 0 nitrogen and oxygen atoms in total. The summed E-state index contributed by atoms with van der Waals surface area (Å²) in [6.07, 6.45) is 3.67. The summed E-state index contributed by atoms with van der Waals surface area (Å²) < 4.78 is 0. The van der Waals surface area contributed by atoms with Crippen molar-refractivity contribution in [1.82, 2.24) is 0 Å². The van der Waals surface area contributed by atoms with Gasteiger partial charge >= 0.3 is 34.1 Å². The molecule has 0 unspecified atom stereocenters. The molecule has 4 rings (SSSR count). The third kappa shape index (κ3) is 11.6. The molecule has 0 spiro atoms. The molecule has 0 aliphatic heterocycles. The molecule has 25 heavy (non-hydrogen) atoms. The van der Waals surface area contributed by atoms with Gasteiger partial charge in [-0.2, -0.15) is 71.8 Å². The Morgan fingerprint density at radius 2 is 0.800 bits per heavy atom. The van der Waals surface area contributed by atoms with Gasteiger partial charge in [0.15, 0.2) is 0 Å². The van der Waals surface area contributed by atoms with E-state index in [1.54, 1.807) is 0 Å². The van der Waals surface area contributed by atoms with Crippen LogP contribution in [0.3, 0.4) is 0 Å². The average molecular weight is 412 g/mol. The first-order chi connectivity index (χ1) is 11.4. The van der Waals surface area contributed by atoms with Crippen LogP contribution in [0.1, 0.15) is 17.5 Å². The van der Waals surface area contributed by atoms with Crippen molar-refractivity contribution >= 4 is 0 Å². The van der Waals surface area contributed by atoms with Gasteiger partial charge in [-0.1, -0.05) is 19.3 Å². The van der Waals surface area contributed by atoms with E-state index >= 15 is 0 Å². The van der Waals surface area contributed by atoms with E-state index in [1.807, 2.05) is 60.7 Å². The summed E-state index contributed by atoms with van der Waals surface area (Å²) in [4.78, 5) is 0. The predicted octanol–water partition coefficient (Wildman–Crippen LogP) is 6.11. The van der Waals surface area contributed by atoms with Gasteiger partial charge in [0.1, 0.15) is 0 Å². The van der Waals surface area contributed by atoms with E-state index in [0.717, 1.165) is 0 Å². The maximum absolute atomic E-state index is 2.20. The minimum Gasteiger partial charge on any atom is -0.214 e. The van der Waals surface area contributed by atoms with Gasteiger partial charge in [0.25, 0.3) is 0 Å². The van der Waals surface area contributed by atoms with Crippen molar-refractivity contribution in [3.05, 3.63) is 120 Å². The van der Waals surface area contributed by atoms with E-state index in [1.165, 1.54) is 30.4 Å². The van der Waals surface area contributed by atoms with E-state index in [0.29, 0.717) is 0 Å². The minimum absolute atomic E-state index is 0. The Kier molecular flexibility index (Phi) is 14.9. The Balaban J connectivity index is 0.000000400. The van der Waals surface area contributed by atoms with E-state index in [4.69, 9.17) is 0 Å². The quantitative estimate of drug-likeness (QED) is 0.281. The summed E-state index contributed by atoms with van der Waals surface area (Å²) in [6.45, 7) is 0. The molecular weight excluding hydrogens is 388 g/mol. The Morgan fingerprint density at radius 3 is 1.04 bits per heavy atom. The van der Waals surface area contributed by atoms with Crippen molar-refractivity contribution in [3.63, 3.8) is 0 Å². The van der Waals surface area contributed by atoms with Crippen molar-refractivity contribution in [2.45, 2.75) is 19.3 Å². The molecule has 0 aromatic heterocycles. The summed E-state index contributed by atoms with van der Waals surface area (Å²) in [7, 11) is 0. The van der Waals surface area contributed by atoms with Gasteiger partial charge in [-0.15, -0.1) is 0 Å². The van der Waals surface area contributed by atoms with Gasteiger partial charge in [0.2, 0.25) is 0 Å². The minimum atomic E-state index is 0. The molecular formula is C23H24Fe2. The van der Waals surface area contributed by atoms with Crippen molar-refractivity contribution in [2.75, 3.05) is 0 Å². The predicted molar refractivity (Wildman–Crippen MR) is 100 cm³/mol. The van der Waals surface area contributed by atoms with Crippen LogP contribution in [-0.2, 0) is 47.0 Å². The molecule has 0 saturated carbocycles. The molecule has 0 aliphatic carbocycles. The standard InChI is InChI=1S/C13H14.2C5H5.2Fe/c1-2-7-12(6-1)10-5-11-13-8-3-4-9-13;2*1-2-4-5-3-1;;/h1-4,6-9H,5,10-11H2;2*1-5H;;/q-2;2*-1;2*+2. The van der Waals surface area contributed by atoms with Gasteiger partial charge in [-0.05, 0) is 0 Å². The molecule has 4 aromatic rings. The molecule has 0 amide bonds. The van der Waals surface area contributed by atoms with Gasteiger partial charge in [0, 0.05) is 0 Å². The van der Waals surface area contributed by atoms with Crippen LogP contribution in [0.4, 0.5) is 0 Å². The number of hydrogen-bond donors (Lipinski definition) is 0. The van der Waals surface area contributed by atoms with Crippen LogP contribution in [-0.4, -0.2) is 0 Å². The first-order valence-corrected chi connectivity index (χ1v) is 8.20. The Labute approximate surface area is 173 Å². The van der Waals surface area contributed by atoms with Gasteiger partial charge in [-0.25, -0.2) is 48.5 Å². The molecule has 0 atom stereocenters. The van der Waals surface area contributed by atoms with Gasteiger partial charge in [0.05, 0.1) is 0 Å². The Morgan fingerprint density at radius 1 is 0.480 bits per heavy atom. The maximum atomic E-state index is 2.20. The number of rotatable bonds is 4. The van der Waals surface area contributed by atoms with Crippen LogP contribution in [0, 0.1) is 0 Å². The third-order valence-corrected chi connectivity index (χ3v) is 3.51. The molecule has 0 fully saturated rings. The smallest absolute Gasteiger partial charge is 0.214 e. The van der Waals surface area contributed by atoms with Gasteiger partial charge < -0.3 is 0 Å². The van der Waals surface area contributed by atoms with Crippen LogP contribution in [0.15, 0.2) is 109 Å². The molecule has 0 heterocycles. The van der Waals surface area contributed by atoms with E-state index in [-0.39, 0.29) is 34.1 Å². The second-order valence-electron chi connectivity index (χ2n) is 5.36. The van der Waals surface area contributed by atoms with Crippen molar-refractivity contribution in [3.8, 4) is 0 Å². The Bertz CT molecular complexity index is 547. The molecule has 132 valence electrons. The van der Waals surface area contributed by atoms with Crippen LogP contribution in [0.2, 0.25) is 0 Å². The van der Waals surface area contributed by atoms with Crippen LogP contribution in [0.25, 0.3) is 0 Å². The zero-order chi connectivity index (χ0) is 16.0. The molecule has 4 aromatic carbocycles. The van der Waals surface area contributed by atoms with Gasteiger partial charge in [-0.3, -0.25) is 0 Å². The summed E-state index contributed by atoms with van der Waals surface area (Å²) in [6, 6.07) is 37.2. The second kappa shape index (κ2) is 15.9. The van der Waals surface area contributed by atoms with E-state index < -0.39 is 0 Å². The summed E-state index contributed by atoms with van der Waals surface area (Å²) in [5, 5.41) is 0. The molecule has 0 radical (unpaired) electrons. The third-order valence-electron chi connectivity index (χ3n) is 3.51.